The van der Waals surface area contributed by atoms with Gasteiger partial charge in [-0.25, -0.2) is 0 Å². The number of hydrogen-bond acceptors (Lipinski definition) is 6. The molecule has 3 rings (SSSR count). The molecule has 0 radical (unpaired) electrons. The summed E-state index contributed by atoms with van der Waals surface area (Å²) in [4.78, 5) is 28.1. The highest BCUT2D eigenvalue weighted by molar-refractivity contribution is 5.93. The summed E-state index contributed by atoms with van der Waals surface area (Å²) in [5.41, 5.74) is 0.313. The smallest absolute Gasteiger partial charge is 0.289 e. The summed E-state index contributed by atoms with van der Waals surface area (Å²) in [5.74, 6) is 0.663. The third kappa shape index (κ3) is 3.96. The van der Waals surface area contributed by atoms with Crippen LogP contribution in [-0.4, -0.2) is 64.5 Å². The molecule has 1 fully saturated rings. The molecule has 2 aromatic rings. The van der Waals surface area contributed by atoms with E-state index in [2.05, 4.69) is 22.4 Å². The van der Waals surface area contributed by atoms with Crippen molar-refractivity contribution in [1.82, 2.24) is 20.0 Å². The molecule has 0 unspecified atom stereocenters. The van der Waals surface area contributed by atoms with Crippen LogP contribution in [-0.2, 0) is 0 Å². The molecule has 3 heterocycles. The molecule has 1 aliphatic heterocycles. The minimum atomic E-state index is -0.167. The lowest BCUT2D eigenvalue weighted by Crippen LogP contribution is -2.50. The number of aromatic nitrogens is 2. The van der Waals surface area contributed by atoms with Crippen molar-refractivity contribution in [3.63, 3.8) is 0 Å². The monoisotopic (exact) mass is 343 g/mol. The van der Waals surface area contributed by atoms with Gasteiger partial charge in [0.1, 0.15) is 5.82 Å². The predicted molar refractivity (Wildman–Crippen MR) is 91.3 cm³/mol. The van der Waals surface area contributed by atoms with E-state index in [0.29, 0.717) is 43.5 Å². The molecule has 0 bridgehead atoms. The summed E-state index contributed by atoms with van der Waals surface area (Å²) < 4.78 is 5.14. The van der Waals surface area contributed by atoms with E-state index >= 15 is 0 Å². The highest BCUT2D eigenvalue weighted by Gasteiger charge is 2.27. The van der Waals surface area contributed by atoms with Crippen LogP contribution in [0.25, 0.3) is 0 Å². The van der Waals surface area contributed by atoms with E-state index in [9.17, 15) is 9.59 Å². The van der Waals surface area contributed by atoms with E-state index in [1.807, 2.05) is 0 Å². The normalized spacial score (nSPS) is 14.4. The third-order valence-electron chi connectivity index (χ3n) is 4.03. The van der Waals surface area contributed by atoms with Crippen molar-refractivity contribution in [2.75, 3.05) is 38.0 Å². The Labute approximate surface area is 145 Å². The summed E-state index contributed by atoms with van der Waals surface area (Å²) in [6.07, 6.45) is 2.47. The molecular weight excluding hydrogens is 322 g/mol. The van der Waals surface area contributed by atoms with Gasteiger partial charge in [0.2, 0.25) is 0 Å². The molecule has 0 spiro atoms. The van der Waals surface area contributed by atoms with Crippen LogP contribution in [0.15, 0.2) is 34.9 Å². The molecular formula is C17H21N5O3. The number of carbonyl (C=O) groups is 2. The molecule has 8 nitrogen and oxygen atoms in total. The van der Waals surface area contributed by atoms with Crippen molar-refractivity contribution >= 4 is 17.6 Å². The van der Waals surface area contributed by atoms with Gasteiger partial charge < -0.3 is 19.5 Å². The van der Waals surface area contributed by atoms with Crippen molar-refractivity contribution < 1.29 is 14.0 Å². The first kappa shape index (κ1) is 16.9. The quantitative estimate of drug-likeness (QED) is 0.884. The standard InChI is InChI=1S/C17H21N5O3/c1-2-7-18-15-6-5-13(19-20-15)16(23)21-8-10-22(11-9-21)17(24)14-4-3-12-25-14/h3-6,12H,2,7-11H2,1H3,(H,18,20). The third-order valence-corrected chi connectivity index (χ3v) is 4.03. The number of amides is 2. The van der Waals surface area contributed by atoms with Crippen LogP contribution in [0, 0.1) is 0 Å². The second-order valence-corrected chi connectivity index (χ2v) is 5.79. The summed E-state index contributed by atoms with van der Waals surface area (Å²) in [6, 6.07) is 6.76. The Hall–Kier alpha value is -2.90. The molecule has 2 amide bonds. The minimum Gasteiger partial charge on any atom is -0.459 e. The summed E-state index contributed by atoms with van der Waals surface area (Å²) in [7, 11) is 0. The topological polar surface area (TPSA) is 91.6 Å². The van der Waals surface area contributed by atoms with Gasteiger partial charge in [-0.15, -0.1) is 10.2 Å². The number of rotatable bonds is 5. The molecule has 1 saturated heterocycles. The van der Waals surface area contributed by atoms with Crippen LogP contribution in [0.4, 0.5) is 5.82 Å². The fourth-order valence-corrected chi connectivity index (χ4v) is 2.62. The number of piperazine rings is 1. The van der Waals surface area contributed by atoms with E-state index < -0.39 is 0 Å². The first-order valence-corrected chi connectivity index (χ1v) is 8.38. The molecule has 0 aromatic carbocycles. The van der Waals surface area contributed by atoms with Gasteiger partial charge in [-0.1, -0.05) is 6.92 Å². The van der Waals surface area contributed by atoms with Crippen LogP contribution in [0.1, 0.15) is 34.4 Å². The number of nitrogens with zero attached hydrogens (tertiary/aromatic N) is 4. The first-order chi connectivity index (χ1) is 12.2. The Bertz CT molecular complexity index is 706. The average molecular weight is 343 g/mol. The maximum Gasteiger partial charge on any atom is 0.289 e. The maximum atomic E-state index is 12.5. The Morgan fingerprint density at radius 2 is 1.80 bits per heavy atom. The number of hydrogen-bond donors (Lipinski definition) is 1. The van der Waals surface area contributed by atoms with E-state index in [1.165, 1.54) is 6.26 Å². The van der Waals surface area contributed by atoms with Gasteiger partial charge in [0.25, 0.3) is 11.8 Å². The zero-order valence-electron chi connectivity index (χ0n) is 14.1. The lowest BCUT2D eigenvalue weighted by atomic mass is 10.2. The van der Waals surface area contributed by atoms with Crippen LogP contribution in [0.2, 0.25) is 0 Å². The van der Waals surface area contributed by atoms with Gasteiger partial charge in [0, 0.05) is 32.7 Å². The number of furan rings is 1. The van der Waals surface area contributed by atoms with Gasteiger partial charge in [-0.05, 0) is 30.7 Å². The summed E-state index contributed by atoms with van der Waals surface area (Å²) in [5, 5.41) is 11.1. The van der Waals surface area contributed by atoms with E-state index in [-0.39, 0.29) is 11.8 Å². The molecule has 0 saturated carbocycles. The van der Waals surface area contributed by atoms with Crippen LogP contribution >= 0.6 is 0 Å². The van der Waals surface area contributed by atoms with Crippen LogP contribution in [0.3, 0.4) is 0 Å². The molecule has 2 aromatic heterocycles. The summed E-state index contributed by atoms with van der Waals surface area (Å²) in [6.45, 7) is 4.73. The molecule has 0 atom stereocenters. The van der Waals surface area contributed by atoms with Crippen molar-refractivity contribution in [2.24, 2.45) is 0 Å². The van der Waals surface area contributed by atoms with E-state index in [4.69, 9.17) is 4.42 Å². The second-order valence-electron chi connectivity index (χ2n) is 5.79. The summed E-state index contributed by atoms with van der Waals surface area (Å²) >= 11 is 0. The Morgan fingerprint density at radius 3 is 2.36 bits per heavy atom. The molecule has 1 N–H and O–H groups in total. The van der Waals surface area contributed by atoms with Gasteiger partial charge >= 0.3 is 0 Å². The zero-order valence-corrected chi connectivity index (χ0v) is 14.1. The zero-order chi connectivity index (χ0) is 17.6. The first-order valence-electron chi connectivity index (χ1n) is 8.38. The number of anilines is 1. The lowest BCUT2D eigenvalue weighted by molar-refractivity contribution is 0.0514. The van der Waals surface area contributed by atoms with Gasteiger partial charge in [0.15, 0.2) is 11.5 Å². The van der Waals surface area contributed by atoms with E-state index in [1.54, 1.807) is 34.1 Å². The highest BCUT2D eigenvalue weighted by Crippen LogP contribution is 2.12. The SMILES string of the molecule is CCCNc1ccc(C(=O)N2CCN(C(=O)c3ccco3)CC2)nn1. The Kier molecular flexibility index (Phi) is 5.27. The maximum absolute atomic E-state index is 12.5. The minimum absolute atomic E-state index is 0.150. The molecule has 0 aliphatic carbocycles. The second kappa shape index (κ2) is 7.78. The largest absolute Gasteiger partial charge is 0.459 e. The van der Waals surface area contributed by atoms with Crippen LogP contribution in [0.5, 0.6) is 0 Å². The lowest BCUT2D eigenvalue weighted by Gasteiger charge is -2.34. The Balaban J connectivity index is 1.55. The van der Waals surface area contributed by atoms with E-state index in [0.717, 1.165) is 13.0 Å². The van der Waals surface area contributed by atoms with Crippen molar-refractivity contribution in [1.29, 1.82) is 0 Å². The molecule has 132 valence electrons. The molecule has 25 heavy (non-hydrogen) atoms. The van der Waals surface area contributed by atoms with Crippen molar-refractivity contribution in [3.8, 4) is 0 Å². The molecule has 1 aliphatic rings. The van der Waals surface area contributed by atoms with Gasteiger partial charge in [-0.3, -0.25) is 9.59 Å². The van der Waals surface area contributed by atoms with Crippen molar-refractivity contribution in [2.45, 2.75) is 13.3 Å². The predicted octanol–water partition coefficient (Wildman–Crippen LogP) is 1.49. The van der Waals surface area contributed by atoms with Gasteiger partial charge in [-0.2, -0.15) is 0 Å². The fraction of sp³-hybridized carbons (Fsp3) is 0.412. The Morgan fingerprint density at radius 1 is 1.08 bits per heavy atom. The fourth-order valence-electron chi connectivity index (χ4n) is 2.62. The average Bonchev–Trinajstić information content (AvgIpc) is 3.20. The number of nitrogens with one attached hydrogen (secondary N) is 1. The number of carbonyl (C=O) groups excluding carboxylic acids is 2. The molecule has 8 heteroatoms. The van der Waals surface area contributed by atoms with Crippen molar-refractivity contribution in [3.05, 3.63) is 42.0 Å². The van der Waals surface area contributed by atoms with Crippen LogP contribution < -0.4 is 5.32 Å². The highest BCUT2D eigenvalue weighted by atomic mass is 16.3. The van der Waals surface area contributed by atoms with Gasteiger partial charge in [0.05, 0.1) is 6.26 Å².